The van der Waals surface area contributed by atoms with Crippen molar-refractivity contribution in [3.63, 3.8) is 0 Å². The Bertz CT molecular complexity index is 656. The standard InChI is InChI=1S/C15H16N2O2S/c1-15(2,9-16)14-17-11(8-20-14)10-5-6-12(18-3)13(7-10)19-4/h5-8H,1-4H3. The molecule has 2 rings (SSSR count). The lowest BCUT2D eigenvalue weighted by atomic mass is 9.97. The third-order valence-electron chi connectivity index (χ3n) is 3.00. The number of nitriles is 1. The number of methoxy groups -OCH3 is 2. The van der Waals surface area contributed by atoms with Crippen molar-refractivity contribution in [2.45, 2.75) is 19.3 Å². The van der Waals surface area contributed by atoms with Gasteiger partial charge in [-0.1, -0.05) is 0 Å². The Labute approximate surface area is 122 Å². The SMILES string of the molecule is COc1ccc(-c2csc(C(C)(C)C#N)n2)cc1OC. The van der Waals surface area contributed by atoms with Crippen molar-refractivity contribution in [2.75, 3.05) is 14.2 Å². The minimum absolute atomic E-state index is 0.570. The number of nitrogens with zero attached hydrogens (tertiary/aromatic N) is 2. The van der Waals surface area contributed by atoms with Gasteiger partial charge >= 0.3 is 0 Å². The van der Waals surface area contributed by atoms with Gasteiger partial charge in [0.25, 0.3) is 0 Å². The van der Waals surface area contributed by atoms with Crippen LogP contribution < -0.4 is 9.47 Å². The zero-order valence-corrected chi connectivity index (χ0v) is 12.7. The summed E-state index contributed by atoms with van der Waals surface area (Å²) in [6, 6.07) is 7.93. The predicted octanol–water partition coefficient (Wildman–Crippen LogP) is 3.63. The van der Waals surface area contributed by atoms with Crippen LogP contribution in [0, 0.1) is 11.3 Å². The molecule has 0 fully saturated rings. The summed E-state index contributed by atoms with van der Waals surface area (Å²) in [5.41, 5.74) is 1.22. The van der Waals surface area contributed by atoms with Gasteiger partial charge in [0.05, 0.1) is 26.0 Å². The number of hydrogen-bond donors (Lipinski definition) is 0. The highest BCUT2D eigenvalue weighted by Gasteiger charge is 2.24. The van der Waals surface area contributed by atoms with Gasteiger partial charge < -0.3 is 9.47 Å². The lowest BCUT2D eigenvalue weighted by molar-refractivity contribution is 0.355. The van der Waals surface area contributed by atoms with Gasteiger partial charge in [-0.15, -0.1) is 11.3 Å². The van der Waals surface area contributed by atoms with Crippen molar-refractivity contribution in [3.8, 4) is 28.8 Å². The maximum Gasteiger partial charge on any atom is 0.161 e. The van der Waals surface area contributed by atoms with Crippen molar-refractivity contribution in [3.05, 3.63) is 28.6 Å². The summed E-state index contributed by atoms with van der Waals surface area (Å²) in [6.07, 6.45) is 0. The average Bonchev–Trinajstić information content (AvgIpc) is 2.97. The van der Waals surface area contributed by atoms with Gasteiger partial charge in [-0.3, -0.25) is 0 Å². The number of benzene rings is 1. The molecule has 0 aliphatic carbocycles. The Kier molecular flexibility index (Phi) is 3.96. The van der Waals surface area contributed by atoms with Crippen LogP contribution in [0.5, 0.6) is 11.5 Å². The molecular formula is C15H16N2O2S. The summed E-state index contributed by atoms with van der Waals surface area (Å²) in [7, 11) is 3.21. The van der Waals surface area contributed by atoms with Crippen LogP contribution in [0.4, 0.5) is 0 Å². The minimum Gasteiger partial charge on any atom is -0.493 e. The van der Waals surface area contributed by atoms with Crippen molar-refractivity contribution in [1.82, 2.24) is 4.98 Å². The molecule has 1 heterocycles. The van der Waals surface area contributed by atoms with Gasteiger partial charge in [-0.2, -0.15) is 5.26 Å². The molecule has 0 bridgehead atoms. The Morgan fingerprint density at radius 1 is 1.20 bits per heavy atom. The molecule has 0 spiro atoms. The zero-order valence-electron chi connectivity index (χ0n) is 11.9. The summed E-state index contributed by atoms with van der Waals surface area (Å²) >= 11 is 1.49. The van der Waals surface area contributed by atoms with E-state index in [2.05, 4.69) is 11.1 Å². The van der Waals surface area contributed by atoms with E-state index >= 15 is 0 Å². The van der Waals surface area contributed by atoms with Crippen LogP contribution in [0.2, 0.25) is 0 Å². The number of ether oxygens (including phenoxy) is 2. The third kappa shape index (κ3) is 2.61. The Morgan fingerprint density at radius 3 is 2.50 bits per heavy atom. The molecule has 0 saturated carbocycles. The normalized spacial score (nSPS) is 10.9. The van der Waals surface area contributed by atoms with Crippen molar-refractivity contribution in [2.24, 2.45) is 0 Å². The van der Waals surface area contributed by atoms with E-state index in [1.54, 1.807) is 14.2 Å². The fourth-order valence-corrected chi connectivity index (χ4v) is 2.64. The first-order chi connectivity index (χ1) is 9.51. The molecule has 0 atom stereocenters. The Balaban J connectivity index is 2.41. The fraction of sp³-hybridized carbons (Fsp3) is 0.333. The van der Waals surface area contributed by atoms with Crippen LogP contribution in [0.15, 0.2) is 23.6 Å². The van der Waals surface area contributed by atoms with Crippen LogP contribution in [-0.2, 0) is 5.41 Å². The second kappa shape index (κ2) is 5.51. The van der Waals surface area contributed by atoms with Crippen molar-refractivity contribution >= 4 is 11.3 Å². The zero-order chi connectivity index (χ0) is 14.8. The molecule has 0 saturated heterocycles. The van der Waals surface area contributed by atoms with E-state index in [1.165, 1.54) is 11.3 Å². The van der Waals surface area contributed by atoms with E-state index in [0.29, 0.717) is 11.5 Å². The lowest BCUT2D eigenvalue weighted by Gasteiger charge is -2.10. The minimum atomic E-state index is -0.570. The van der Waals surface area contributed by atoms with Crippen LogP contribution in [-0.4, -0.2) is 19.2 Å². The topological polar surface area (TPSA) is 55.1 Å². The number of thiazole rings is 1. The average molecular weight is 288 g/mol. The van der Waals surface area contributed by atoms with Crippen LogP contribution in [0.1, 0.15) is 18.9 Å². The van der Waals surface area contributed by atoms with Crippen molar-refractivity contribution in [1.29, 1.82) is 5.26 Å². The highest BCUT2D eigenvalue weighted by atomic mass is 32.1. The van der Waals surface area contributed by atoms with Gasteiger partial charge in [-0.25, -0.2) is 4.98 Å². The molecule has 5 heteroatoms. The molecule has 4 nitrogen and oxygen atoms in total. The monoisotopic (exact) mass is 288 g/mol. The lowest BCUT2D eigenvalue weighted by Crippen LogP contribution is -2.13. The maximum atomic E-state index is 9.16. The van der Waals surface area contributed by atoms with E-state index in [-0.39, 0.29) is 0 Å². The van der Waals surface area contributed by atoms with Gasteiger partial charge in [0.2, 0.25) is 0 Å². The Morgan fingerprint density at radius 2 is 1.90 bits per heavy atom. The predicted molar refractivity (Wildman–Crippen MR) is 79.3 cm³/mol. The maximum absolute atomic E-state index is 9.16. The molecular weight excluding hydrogens is 272 g/mol. The smallest absolute Gasteiger partial charge is 0.161 e. The van der Waals surface area contributed by atoms with Gasteiger partial charge in [0.1, 0.15) is 10.4 Å². The molecule has 0 N–H and O–H groups in total. The number of rotatable bonds is 4. The van der Waals surface area contributed by atoms with E-state index in [1.807, 2.05) is 37.4 Å². The Hall–Kier alpha value is -2.06. The largest absolute Gasteiger partial charge is 0.493 e. The molecule has 0 radical (unpaired) electrons. The molecule has 0 aliphatic heterocycles. The summed E-state index contributed by atoms with van der Waals surface area (Å²) in [5.74, 6) is 1.35. The molecule has 104 valence electrons. The van der Waals surface area contributed by atoms with E-state index in [9.17, 15) is 0 Å². The van der Waals surface area contributed by atoms with Crippen molar-refractivity contribution < 1.29 is 9.47 Å². The molecule has 0 amide bonds. The van der Waals surface area contributed by atoms with Crippen LogP contribution >= 0.6 is 11.3 Å². The first kappa shape index (κ1) is 14.4. The van der Waals surface area contributed by atoms with Gasteiger partial charge in [-0.05, 0) is 32.0 Å². The quantitative estimate of drug-likeness (QED) is 0.862. The molecule has 0 unspecified atom stereocenters. The molecule has 1 aromatic carbocycles. The van der Waals surface area contributed by atoms with E-state index < -0.39 is 5.41 Å². The van der Waals surface area contributed by atoms with Crippen LogP contribution in [0.25, 0.3) is 11.3 Å². The number of aromatic nitrogens is 1. The van der Waals surface area contributed by atoms with E-state index in [0.717, 1.165) is 16.3 Å². The highest BCUT2D eigenvalue weighted by Crippen LogP contribution is 2.34. The highest BCUT2D eigenvalue weighted by molar-refractivity contribution is 7.10. The number of hydrogen-bond acceptors (Lipinski definition) is 5. The summed E-state index contributed by atoms with van der Waals surface area (Å²) in [5, 5.41) is 11.9. The van der Waals surface area contributed by atoms with Gasteiger partial charge in [0, 0.05) is 10.9 Å². The molecule has 1 aromatic heterocycles. The summed E-state index contributed by atoms with van der Waals surface area (Å²) in [6.45, 7) is 3.73. The summed E-state index contributed by atoms with van der Waals surface area (Å²) < 4.78 is 10.5. The van der Waals surface area contributed by atoms with Crippen LogP contribution in [0.3, 0.4) is 0 Å². The van der Waals surface area contributed by atoms with Gasteiger partial charge in [0.15, 0.2) is 11.5 Å². The van der Waals surface area contributed by atoms with E-state index in [4.69, 9.17) is 14.7 Å². The molecule has 20 heavy (non-hydrogen) atoms. The third-order valence-corrected chi connectivity index (χ3v) is 4.16. The first-order valence-corrected chi connectivity index (χ1v) is 6.99. The summed E-state index contributed by atoms with van der Waals surface area (Å²) in [4.78, 5) is 4.55. The molecule has 0 aliphatic rings. The fourth-order valence-electron chi connectivity index (χ4n) is 1.74. The molecule has 2 aromatic rings. The first-order valence-electron chi connectivity index (χ1n) is 6.11. The second-order valence-electron chi connectivity index (χ2n) is 4.84. The second-order valence-corrected chi connectivity index (χ2v) is 5.70.